The van der Waals surface area contributed by atoms with Crippen molar-refractivity contribution < 1.29 is 9.53 Å². The predicted octanol–water partition coefficient (Wildman–Crippen LogP) is 2.12. The molecule has 0 bridgehead atoms. The van der Waals surface area contributed by atoms with E-state index in [-0.39, 0.29) is 18.4 Å². The van der Waals surface area contributed by atoms with Crippen LogP contribution < -0.4 is 10.1 Å². The van der Waals surface area contributed by atoms with Crippen LogP contribution in [-0.4, -0.2) is 37.6 Å². The van der Waals surface area contributed by atoms with E-state index in [0.717, 1.165) is 6.54 Å². The van der Waals surface area contributed by atoms with Crippen molar-refractivity contribution in [1.82, 2.24) is 4.90 Å². The molecule has 20 heavy (non-hydrogen) atoms. The Kier molecular flexibility index (Phi) is 6.54. The highest BCUT2D eigenvalue weighted by Crippen LogP contribution is 2.22. The Hall–Kier alpha value is -2.06. The van der Waals surface area contributed by atoms with Crippen molar-refractivity contribution in [3.05, 3.63) is 24.3 Å². The minimum absolute atomic E-state index is 0.0889. The number of carbonyl (C=O) groups excluding carboxylic acids is 1. The zero-order chi connectivity index (χ0) is 15.0. The lowest BCUT2D eigenvalue weighted by Crippen LogP contribution is -2.35. The summed E-state index contributed by atoms with van der Waals surface area (Å²) in [5.74, 6) is 0.435. The van der Waals surface area contributed by atoms with E-state index in [2.05, 4.69) is 11.4 Å². The van der Waals surface area contributed by atoms with Gasteiger partial charge in [-0.15, -0.1) is 0 Å². The molecular weight excluding hydrogens is 254 g/mol. The van der Waals surface area contributed by atoms with Gasteiger partial charge in [0.15, 0.2) is 0 Å². The largest absolute Gasteiger partial charge is 0.495 e. The number of para-hydroxylation sites is 2. The van der Waals surface area contributed by atoms with Crippen LogP contribution >= 0.6 is 0 Å². The Balaban J connectivity index is 2.60. The summed E-state index contributed by atoms with van der Waals surface area (Å²) >= 11 is 0. The monoisotopic (exact) mass is 275 g/mol. The molecule has 1 amide bonds. The van der Waals surface area contributed by atoms with E-state index in [4.69, 9.17) is 10.00 Å². The lowest BCUT2D eigenvalue weighted by molar-refractivity contribution is -0.117. The number of benzene rings is 1. The van der Waals surface area contributed by atoms with Crippen LogP contribution in [-0.2, 0) is 4.79 Å². The lowest BCUT2D eigenvalue weighted by atomic mass is 10.2. The summed E-state index contributed by atoms with van der Waals surface area (Å²) < 4.78 is 5.19. The van der Waals surface area contributed by atoms with Gasteiger partial charge in [0.1, 0.15) is 5.75 Å². The minimum atomic E-state index is -0.110. The quantitative estimate of drug-likeness (QED) is 0.827. The van der Waals surface area contributed by atoms with Crippen molar-refractivity contribution in [3.63, 3.8) is 0 Å². The van der Waals surface area contributed by atoms with Gasteiger partial charge in [-0.3, -0.25) is 9.69 Å². The number of hydrogen-bond acceptors (Lipinski definition) is 4. The number of methoxy groups -OCH3 is 1. The van der Waals surface area contributed by atoms with E-state index < -0.39 is 0 Å². The fourth-order valence-corrected chi connectivity index (χ4v) is 1.87. The molecule has 0 saturated heterocycles. The molecule has 1 unspecified atom stereocenters. The molecule has 1 aromatic carbocycles. The van der Waals surface area contributed by atoms with Crippen molar-refractivity contribution in [3.8, 4) is 11.8 Å². The number of anilines is 1. The first kappa shape index (κ1) is 16.0. The maximum absolute atomic E-state index is 12.0. The highest BCUT2D eigenvalue weighted by atomic mass is 16.5. The average Bonchev–Trinajstić information content (AvgIpc) is 2.46. The second-order valence-electron chi connectivity index (χ2n) is 4.61. The van der Waals surface area contributed by atoms with Gasteiger partial charge in [0.25, 0.3) is 0 Å². The zero-order valence-corrected chi connectivity index (χ0v) is 12.2. The Morgan fingerprint density at radius 3 is 2.80 bits per heavy atom. The smallest absolute Gasteiger partial charge is 0.238 e. The molecule has 108 valence electrons. The summed E-state index contributed by atoms with van der Waals surface area (Å²) in [4.78, 5) is 14.0. The fourth-order valence-electron chi connectivity index (χ4n) is 1.87. The van der Waals surface area contributed by atoms with Gasteiger partial charge in [-0.2, -0.15) is 5.26 Å². The van der Waals surface area contributed by atoms with Crippen LogP contribution in [0.1, 0.15) is 13.8 Å². The number of hydrogen-bond donors (Lipinski definition) is 1. The van der Waals surface area contributed by atoms with E-state index in [1.54, 1.807) is 19.2 Å². The molecule has 0 aromatic heterocycles. The normalized spacial score (nSPS) is 11.8. The van der Waals surface area contributed by atoms with Crippen LogP contribution in [0, 0.1) is 17.2 Å². The van der Waals surface area contributed by atoms with E-state index in [1.165, 1.54) is 0 Å². The molecule has 1 N–H and O–H groups in total. The maximum Gasteiger partial charge on any atom is 0.238 e. The Morgan fingerprint density at radius 2 is 2.20 bits per heavy atom. The number of nitriles is 1. The molecule has 1 aromatic rings. The highest BCUT2D eigenvalue weighted by Gasteiger charge is 2.13. The molecule has 0 fully saturated rings. The lowest BCUT2D eigenvalue weighted by Gasteiger charge is -2.21. The molecular formula is C15H21N3O2. The molecule has 0 aliphatic carbocycles. The third kappa shape index (κ3) is 4.90. The summed E-state index contributed by atoms with van der Waals surface area (Å²) in [6, 6.07) is 9.46. The summed E-state index contributed by atoms with van der Waals surface area (Å²) in [5.41, 5.74) is 0.657. The maximum atomic E-state index is 12.0. The van der Waals surface area contributed by atoms with Crippen molar-refractivity contribution in [2.45, 2.75) is 13.8 Å². The number of likely N-dealkylation sites (N-methyl/N-ethyl adjacent to an activating group) is 1. The summed E-state index contributed by atoms with van der Waals surface area (Å²) in [5, 5.41) is 11.7. The first-order valence-corrected chi connectivity index (χ1v) is 6.65. The third-order valence-electron chi connectivity index (χ3n) is 2.95. The van der Waals surface area contributed by atoms with E-state index in [0.29, 0.717) is 18.0 Å². The number of rotatable bonds is 7. The summed E-state index contributed by atoms with van der Waals surface area (Å²) in [6.07, 6.45) is 0. The van der Waals surface area contributed by atoms with Crippen LogP contribution in [0.4, 0.5) is 5.69 Å². The van der Waals surface area contributed by atoms with Crippen LogP contribution in [0.3, 0.4) is 0 Å². The van der Waals surface area contributed by atoms with Crippen molar-refractivity contribution in [2.75, 3.05) is 32.1 Å². The van der Waals surface area contributed by atoms with Crippen LogP contribution in [0.2, 0.25) is 0 Å². The number of carbonyl (C=O) groups is 1. The second-order valence-corrected chi connectivity index (χ2v) is 4.61. The van der Waals surface area contributed by atoms with Gasteiger partial charge < -0.3 is 10.1 Å². The van der Waals surface area contributed by atoms with Gasteiger partial charge in [0, 0.05) is 6.54 Å². The van der Waals surface area contributed by atoms with Gasteiger partial charge in [0.2, 0.25) is 5.91 Å². The van der Waals surface area contributed by atoms with E-state index in [1.807, 2.05) is 30.9 Å². The Morgan fingerprint density at radius 1 is 1.50 bits per heavy atom. The molecule has 0 heterocycles. The molecule has 0 radical (unpaired) electrons. The summed E-state index contributed by atoms with van der Waals surface area (Å²) in [6.45, 7) is 5.40. The first-order valence-electron chi connectivity index (χ1n) is 6.65. The number of nitrogens with one attached hydrogen (secondary N) is 1. The van der Waals surface area contributed by atoms with Gasteiger partial charge in [0.05, 0.1) is 31.3 Å². The van der Waals surface area contributed by atoms with E-state index >= 15 is 0 Å². The molecule has 0 aliphatic heterocycles. The number of amides is 1. The molecule has 0 aliphatic rings. The Labute approximate surface area is 120 Å². The van der Waals surface area contributed by atoms with Crippen LogP contribution in [0.15, 0.2) is 24.3 Å². The number of ether oxygens (including phenoxy) is 1. The standard InChI is InChI=1S/C15H21N3O2/c1-4-18(10-12(2)9-16)11-15(19)17-13-7-5-6-8-14(13)20-3/h5-8,12H,4,10-11H2,1-3H3,(H,17,19). The predicted molar refractivity (Wildman–Crippen MR) is 78.5 cm³/mol. The number of nitrogens with zero attached hydrogens (tertiary/aromatic N) is 2. The third-order valence-corrected chi connectivity index (χ3v) is 2.95. The SMILES string of the molecule is CCN(CC(=O)Nc1ccccc1OC)CC(C)C#N. The van der Waals surface area contributed by atoms with Crippen molar-refractivity contribution in [1.29, 1.82) is 5.26 Å². The fraction of sp³-hybridized carbons (Fsp3) is 0.467. The molecule has 0 saturated carbocycles. The molecule has 0 spiro atoms. The van der Waals surface area contributed by atoms with Gasteiger partial charge in [-0.1, -0.05) is 19.1 Å². The van der Waals surface area contributed by atoms with Crippen molar-refractivity contribution >= 4 is 11.6 Å². The average molecular weight is 275 g/mol. The second kappa shape index (κ2) is 8.18. The van der Waals surface area contributed by atoms with Crippen molar-refractivity contribution in [2.24, 2.45) is 5.92 Å². The topological polar surface area (TPSA) is 65.4 Å². The van der Waals surface area contributed by atoms with Crippen LogP contribution in [0.25, 0.3) is 0 Å². The molecule has 1 rings (SSSR count). The molecule has 1 atom stereocenters. The first-order chi connectivity index (χ1) is 9.60. The van der Waals surface area contributed by atoms with Gasteiger partial charge in [-0.05, 0) is 25.6 Å². The van der Waals surface area contributed by atoms with Gasteiger partial charge >= 0.3 is 0 Å². The van der Waals surface area contributed by atoms with Crippen LogP contribution in [0.5, 0.6) is 5.75 Å². The highest BCUT2D eigenvalue weighted by molar-refractivity contribution is 5.93. The molecule has 5 heteroatoms. The minimum Gasteiger partial charge on any atom is -0.495 e. The molecule has 5 nitrogen and oxygen atoms in total. The Bertz CT molecular complexity index is 482. The summed E-state index contributed by atoms with van der Waals surface area (Å²) in [7, 11) is 1.57. The zero-order valence-electron chi connectivity index (χ0n) is 12.2. The van der Waals surface area contributed by atoms with E-state index in [9.17, 15) is 4.79 Å². The van der Waals surface area contributed by atoms with Gasteiger partial charge in [-0.25, -0.2) is 0 Å².